The van der Waals surface area contributed by atoms with Crippen molar-refractivity contribution >= 4 is 11.6 Å². The van der Waals surface area contributed by atoms with Gasteiger partial charge in [0.1, 0.15) is 5.82 Å². The monoisotopic (exact) mass is 274 g/mol. The van der Waals surface area contributed by atoms with Crippen molar-refractivity contribution in [1.82, 2.24) is 24.4 Å². The molecule has 3 heterocycles. The van der Waals surface area contributed by atoms with Crippen LogP contribution in [0.15, 0.2) is 18.3 Å². The van der Waals surface area contributed by atoms with E-state index in [4.69, 9.17) is 0 Å². The Morgan fingerprint density at radius 1 is 1.25 bits per heavy atom. The van der Waals surface area contributed by atoms with Crippen molar-refractivity contribution in [2.45, 2.75) is 20.4 Å². The first-order valence-corrected chi connectivity index (χ1v) is 6.29. The molecule has 0 radical (unpaired) electrons. The van der Waals surface area contributed by atoms with Gasteiger partial charge in [-0.2, -0.15) is 10.1 Å². The molecule has 0 saturated heterocycles. The lowest BCUT2D eigenvalue weighted by molar-refractivity contribution is 0.615. The number of nitrogens with one attached hydrogen (secondary N) is 1. The lowest BCUT2D eigenvalue weighted by Gasteiger charge is -2.02. The lowest BCUT2D eigenvalue weighted by Crippen LogP contribution is -2.03. The summed E-state index contributed by atoms with van der Waals surface area (Å²) in [6, 6.07) is 2.96. The Hall–Kier alpha value is -2.44. The van der Waals surface area contributed by atoms with Gasteiger partial charge in [-0.05, 0) is 26.0 Å². The van der Waals surface area contributed by atoms with Gasteiger partial charge in [0.2, 0.25) is 5.95 Å². The Morgan fingerprint density at radius 2 is 2.05 bits per heavy atom. The molecule has 7 heteroatoms. The number of aromatic nitrogens is 5. The zero-order valence-electron chi connectivity index (χ0n) is 11.6. The molecule has 0 unspecified atom stereocenters. The summed E-state index contributed by atoms with van der Waals surface area (Å²) in [6.07, 6.45) is 1.30. The van der Waals surface area contributed by atoms with Gasteiger partial charge in [0.25, 0.3) is 0 Å². The fraction of sp³-hybridized carbons (Fsp3) is 0.308. The van der Waals surface area contributed by atoms with E-state index in [1.54, 1.807) is 6.07 Å². The van der Waals surface area contributed by atoms with E-state index < -0.39 is 0 Å². The van der Waals surface area contributed by atoms with Gasteiger partial charge in [-0.1, -0.05) is 0 Å². The maximum absolute atomic E-state index is 13.1. The van der Waals surface area contributed by atoms with Crippen molar-refractivity contribution < 1.29 is 4.39 Å². The van der Waals surface area contributed by atoms with Gasteiger partial charge < -0.3 is 5.32 Å². The molecule has 0 spiro atoms. The Balaban J connectivity index is 1.83. The van der Waals surface area contributed by atoms with Crippen molar-refractivity contribution in [3.05, 3.63) is 41.1 Å². The molecule has 6 nitrogen and oxygen atoms in total. The van der Waals surface area contributed by atoms with Gasteiger partial charge in [0.05, 0.1) is 11.9 Å². The average molecular weight is 274 g/mol. The standard InChI is InChI=1S/C13H15FN6/c1-8-11(9(2)19(3)17-8)6-15-13-16-12-5-4-10(14)7-20(12)18-13/h4-5,7H,6H2,1-3H3,(H,15,18). The minimum atomic E-state index is -0.340. The molecule has 20 heavy (non-hydrogen) atoms. The number of pyridine rings is 1. The highest BCUT2D eigenvalue weighted by atomic mass is 19.1. The first-order chi connectivity index (χ1) is 9.54. The maximum Gasteiger partial charge on any atom is 0.243 e. The zero-order valence-corrected chi connectivity index (χ0v) is 11.6. The molecule has 0 aliphatic heterocycles. The molecule has 0 saturated carbocycles. The third-order valence-corrected chi connectivity index (χ3v) is 3.38. The fourth-order valence-corrected chi connectivity index (χ4v) is 2.17. The summed E-state index contributed by atoms with van der Waals surface area (Å²) in [5.74, 6) is 0.131. The molecule has 0 bridgehead atoms. The summed E-state index contributed by atoms with van der Waals surface area (Å²) < 4.78 is 16.3. The van der Waals surface area contributed by atoms with Crippen LogP contribution in [0.3, 0.4) is 0 Å². The van der Waals surface area contributed by atoms with Crippen LogP contribution in [-0.4, -0.2) is 24.4 Å². The highest BCUT2D eigenvalue weighted by Gasteiger charge is 2.10. The lowest BCUT2D eigenvalue weighted by atomic mass is 10.2. The van der Waals surface area contributed by atoms with E-state index in [0.717, 1.165) is 17.0 Å². The second kappa shape index (κ2) is 4.59. The highest BCUT2D eigenvalue weighted by molar-refractivity contribution is 5.43. The van der Waals surface area contributed by atoms with Gasteiger partial charge in [0, 0.05) is 24.8 Å². The molecule has 0 aromatic carbocycles. The molecular formula is C13H15FN6. The van der Waals surface area contributed by atoms with Crippen molar-refractivity contribution in [1.29, 1.82) is 0 Å². The number of rotatable bonds is 3. The molecule has 0 fully saturated rings. The number of hydrogen-bond donors (Lipinski definition) is 1. The van der Waals surface area contributed by atoms with Crippen LogP contribution in [0, 0.1) is 19.7 Å². The Bertz CT molecular complexity index is 773. The molecule has 0 atom stereocenters. The molecule has 3 aromatic rings. The smallest absolute Gasteiger partial charge is 0.243 e. The van der Waals surface area contributed by atoms with E-state index in [9.17, 15) is 4.39 Å². The quantitative estimate of drug-likeness (QED) is 0.791. The van der Waals surface area contributed by atoms with E-state index in [2.05, 4.69) is 20.5 Å². The predicted molar refractivity (Wildman–Crippen MR) is 73.0 cm³/mol. The van der Waals surface area contributed by atoms with E-state index >= 15 is 0 Å². The van der Waals surface area contributed by atoms with Crippen LogP contribution in [0.4, 0.5) is 10.3 Å². The number of fused-ring (bicyclic) bond motifs is 1. The van der Waals surface area contributed by atoms with Crippen LogP contribution in [0.2, 0.25) is 0 Å². The number of anilines is 1. The minimum Gasteiger partial charge on any atom is -0.349 e. The normalized spacial score (nSPS) is 11.2. The summed E-state index contributed by atoms with van der Waals surface area (Å²) in [6.45, 7) is 4.57. The van der Waals surface area contributed by atoms with Gasteiger partial charge in [0.15, 0.2) is 5.65 Å². The Kier molecular flexibility index (Phi) is 2.89. The van der Waals surface area contributed by atoms with Gasteiger partial charge in [-0.3, -0.25) is 4.68 Å². The summed E-state index contributed by atoms with van der Waals surface area (Å²) in [5.41, 5.74) is 3.81. The average Bonchev–Trinajstić information content (AvgIpc) is 2.89. The van der Waals surface area contributed by atoms with E-state index in [1.165, 1.54) is 16.8 Å². The third kappa shape index (κ3) is 2.11. The first-order valence-electron chi connectivity index (χ1n) is 6.29. The van der Waals surface area contributed by atoms with Crippen molar-refractivity contribution in [2.24, 2.45) is 7.05 Å². The molecule has 0 aliphatic carbocycles. The topological polar surface area (TPSA) is 60.0 Å². The second-order valence-electron chi connectivity index (χ2n) is 4.71. The number of halogens is 1. The van der Waals surface area contributed by atoms with E-state index in [1.807, 2.05) is 25.6 Å². The fourth-order valence-electron chi connectivity index (χ4n) is 2.17. The minimum absolute atomic E-state index is 0.340. The second-order valence-corrected chi connectivity index (χ2v) is 4.71. The Morgan fingerprint density at radius 3 is 2.75 bits per heavy atom. The SMILES string of the molecule is Cc1nn(C)c(C)c1CNc1nc2ccc(F)cn2n1. The van der Waals surface area contributed by atoms with Gasteiger partial charge in [-0.25, -0.2) is 8.91 Å². The summed E-state index contributed by atoms with van der Waals surface area (Å²) >= 11 is 0. The van der Waals surface area contributed by atoms with Crippen molar-refractivity contribution in [2.75, 3.05) is 5.32 Å². The molecule has 3 rings (SSSR count). The predicted octanol–water partition coefficient (Wildman–Crippen LogP) is 1.83. The molecule has 104 valence electrons. The molecule has 0 aliphatic rings. The van der Waals surface area contributed by atoms with Gasteiger partial charge in [-0.15, -0.1) is 5.10 Å². The first kappa shape index (κ1) is 12.6. The van der Waals surface area contributed by atoms with Crippen LogP contribution in [0.25, 0.3) is 5.65 Å². The summed E-state index contributed by atoms with van der Waals surface area (Å²) in [5, 5.41) is 11.7. The van der Waals surface area contributed by atoms with Crippen LogP contribution in [0.1, 0.15) is 17.0 Å². The maximum atomic E-state index is 13.1. The van der Waals surface area contributed by atoms with E-state index in [-0.39, 0.29) is 5.82 Å². The van der Waals surface area contributed by atoms with Crippen LogP contribution >= 0.6 is 0 Å². The van der Waals surface area contributed by atoms with E-state index in [0.29, 0.717) is 18.1 Å². The third-order valence-electron chi connectivity index (χ3n) is 3.38. The number of nitrogens with zero attached hydrogens (tertiary/aromatic N) is 5. The molecule has 3 aromatic heterocycles. The van der Waals surface area contributed by atoms with Gasteiger partial charge >= 0.3 is 0 Å². The number of hydrogen-bond acceptors (Lipinski definition) is 4. The van der Waals surface area contributed by atoms with Crippen molar-refractivity contribution in [3.63, 3.8) is 0 Å². The largest absolute Gasteiger partial charge is 0.349 e. The summed E-state index contributed by atoms with van der Waals surface area (Å²) in [4.78, 5) is 4.28. The van der Waals surface area contributed by atoms with Crippen molar-refractivity contribution in [3.8, 4) is 0 Å². The zero-order chi connectivity index (χ0) is 14.3. The molecule has 0 amide bonds. The molecular weight excluding hydrogens is 259 g/mol. The van der Waals surface area contributed by atoms with Crippen LogP contribution < -0.4 is 5.32 Å². The number of aryl methyl sites for hydroxylation is 2. The van der Waals surface area contributed by atoms with Crippen LogP contribution in [-0.2, 0) is 13.6 Å². The highest BCUT2D eigenvalue weighted by Crippen LogP contribution is 2.14. The molecule has 1 N–H and O–H groups in total. The van der Waals surface area contributed by atoms with Crippen LogP contribution in [0.5, 0.6) is 0 Å². The summed E-state index contributed by atoms with van der Waals surface area (Å²) in [7, 11) is 1.91. The Labute approximate surface area is 115 Å².